The van der Waals surface area contributed by atoms with Crippen LogP contribution in [0.15, 0.2) is 0 Å². The second-order valence-corrected chi connectivity index (χ2v) is 6.92. The van der Waals surface area contributed by atoms with Gasteiger partial charge in [-0.05, 0) is 32.1 Å². The normalized spacial score (nSPS) is 28.9. The Morgan fingerprint density at radius 3 is 2.82 bits per heavy atom. The van der Waals surface area contributed by atoms with Crippen LogP contribution in [0, 0.1) is 5.92 Å². The molecule has 1 aliphatic carbocycles. The Morgan fingerprint density at radius 1 is 1.47 bits per heavy atom. The molecule has 0 bridgehead atoms. The van der Waals surface area contributed by atoms with Gasteiger partial charge in [-0.1, -0.05) is 19.8 Å². The van der Waals surface area contributed by atoms with E-state index in [-0.39, 0.29) is 6.10 Å². The predicted molar refractivity (Wildman–Crippen MR) is 73.5 cm³/mol. The summed E-state index contributed by atoms with van der Waals surface area (Å²) in [5.41, 5.74) is 5.62. The Morgan fingerprint density at radius 2 is 2.24 bits per heavy atom. The van der Waals surface area contributed by atoms with Gasteiger partial charge < -0.3 is 10.5 Å². The highest BCUT2D eigenvalue weighted by Crippen LogP contribution is 2.27. The van der Waals surface area contributed by atoms with Crippen molar-refractivity contribution in [3.63, 3.8) is 0 Å². The van der Waals surface area contributed by atoms with Crippen molar-refractivity contribution >= 4 is 10.8 Å². The van der Waals surface area contributed by atoms with Crippen molar-refractivity contribution in [3.8, 4) is 0 Å². The molecule has 0 saturated heterocycles. The van der Waals surface area contributed by atoms with Crippen LogP contribution in [0.4, 0.5) is 0 Å². The van der Waals surface area contributed by atoms with Gasteiger partial charge in [-0.15, -0.1) is 0 Å². The van der Waals surface area contributed by atoms with E-state index in [2.05, 4.69) is 6.92 Å². The molecule has 2 N–H and O–H groups in total. The van der Waals surface area contributed by atoms with Gasteiger partial charge in [0, 0.05) is 35.0 Å². The Kier molecular flexibility index (Phi) is 7.32. The van der Waals surface area contributed by atoms with Crippen molar-refractivity contribution in [1.82, 2.24) is 0 Å². The SMILES string of the molecule is CCOC(CN)CCS(=O)C1CCCC(C)C1. The van der Waals surface area contributed by atoms with Crippen molar-refractivity contribution in [2.45, 2.75) is 57.3 Å². The largest absolute Gasteiger partial charge is 0.377 e. The molecule has 1 saturated carbocycles. The highest BCUT2D eigenvalue weighted by Gasteiger charge is 2.24. The molecule has 4 heteroatoms. The van der Waals surface area contributed by atoms with E-state index in [1.165, 1.54) is 12.8 Å². The smallest absolute Gasteiger partial charge is 0.0705 e. The summed E-state index contributed by atoms with van der Waals surface area (Å²) in [7, 11) is -0.688. The summed E-state index contributed by atoms with van der Waals surface area (Å²) in [5.74, 6) is 1.49. The van der Waals surface area contributed by atoms with Crippen LogP contribution in [0.2, 0.25) is 0 Å². The molecule has 0 amide bonds. The molecular weight excluding hydrogens is 234 g/mol. The van der Waals surface area contributed by atoms with E-state index in [1.807, 2.05) is 6.92 Å². The number of rotatable bonds is 7. The lowest BCUT2D eigenvalue weighted by molar-refractivity contribution is 0.0672. The Labute approximate surface area is 108 Å². The molecule has 1 aliphatic rings. The van der Waals surface area contributed by atoms with Crippen LogP contribution in [0.5, 0.6) is 0 Å². The van der Waals surface area contributed by atoms with Gasteiger partial charge in [0.05, 0.1) is 6.10 Å². The Bertz CT molecular complexity index is 235. The standard InChI is InChI=1S/C13H27NO2S/c1-3-16-12(10-14)7-8-17(15)13-6-4-5-11(2)9-13/h11-13H,3-10,14H2,1-2H3. The fraction of sp³-hybridized carbons (Fsp3) is 1.00. The van der Waals surface area contributed by atoms with Gasteiger partial charge >= 0.3 is 0 Å². The summed E-state index contributed by atoms with van der Waals surface area (Å²) in [6.07, 6.45) is 5.74. The topological polar surface area (TPSA) is 52.3 Å². The van der Waals surface area contributed by atoms with Crippen LogP contribution in [-0.2, 0) is 15.5 Å². The summed E-state index contributed by atoms with van der Waals surface area (Å²) in [6.45, 7) is 5.47. The molecule has 3 nitrogen and oxygen atoms in total. The van der Waals surface area contributed by atoms with Crippen LogP contribution >= 0.6 is 0 Å². The predicted octanol–water partition coefficient (Wildman–Crippen LogP) is 2.07. The first-order chi connectivity index (χ1) is 8.17. The van der Waals surface area contributed by atoms with Crippen molar-refractivity contribution in [1.29, 1.82) is 0 Å². The molecule has 0 radical (unpaired) electrons. The first-order valence-electron chi connectivity index (χ1n) is 6.86. The fourth-order valence-electron chi connectivity index (χ4n) is 2.54. The average Bonchev–Trinajstić information content (AvgIpc) is 2.34. The van der Waals surface area contributed by atoms with Crippen molar-refractivity contribution in [2.24, 2.45) is 11.7 Å². The van der Waals surface area contributed by atoms with Crippen molar-refractivity contribution in [3.05, 3.63) is 0 Å². The number of ether oxygens (including phenoxy) is 1. The summed E-state index contributed by atoms with van der Waals surface area (Å²) in [4.78, 5) is 0. The van der Waals surface area contributed by atoms with E-state index in [1.54, 1.807) is 0 Å². The molecule has 4 atom stereocenters. The highest BCUT2D eigenvalue weighted by atomic mass is 32.2. The molecule has 0 aromatic carbocycles. The number of nitrogens with two attached hydrogens (primary N) is 1. The fourth-order valence-corrected chi connectivity index (χ4v) is 4.34. The highest BCUT2D eigenvalue weighted by molar-refractivity contribution is 7.85. The maximum absolute atomic E-state index is 12.2. The average molecular weight is 261 g/mol. The van der Waals surface area contributed by atoms with Gasteiger partial charge in [0.2, 0.25) is 0 Å². The number of hydrogen-bond acceptors (Lipinski definition) is 3. The van der Waals surface area contributed by atoms with Crippen LogP contribution < -0.4 is 5.73 Å². The lowest BCUT2D eigenvalue weighted by Crippen LogP contribution is -2.29. The minimum atomic E-state index is -0.688. The molecule has 1 rings (SSSR count). The van der Waals surface area contributed by atoms with Crippen LogP contribution in [0.3, 0.4) is 0 Å². The second-order valence-electron chi connectivity index (χ2n) is 5.08. The molecule has 0 spiro atoms. The van der Waals surface area contributed by atoms with E-state index in [0.29, 0.717) is 18.4 Å². The quantitative estimate of drug-likeness (QED) is 0.763. The molecule has 0 aliphatic heterocycles. The van der Waals surface area contributed by atoms with Crippen molar-refractivity contribution in [2.75, 3.05) is 18.9 Å². The van der Waals surface area contributed by atoms with E-state index in [0.717, 1.165) is 30.9 Å². The molecule has 4 unspecified atom stereocenters. The molecule has 1 fully saturated rings. The molecule has 0 aromatic rings. The maximum atomic E-state index is 12.2. The summed E-state index contributed by atoms with van der Waals surface area (Å²) in [5, 5.41) is 0.416. The van der Waals surface area contributed by atoms with Gasteiger partial charge in [-0.25, -0.2) is 0 Å². The zero-order valence-electron chi connectivity index (χ0n) is 11.2. The van der Waals surface area contributed by atoms with E-state index in [4.69, 9.17) is 10.5 Å². The molecular formula is C13H27NO2S. The summed E-state index contributed by atoms with van der Waals surface area (Å²) < 4.78 is 17.7. The van der Waals surface area contributed by atoms with E-state index < -0.39 is 10.8 Å². The monoisotopic (exact) mass is 261 g/mol. The van der Waals surface area contributed by atoms with Gasteiger partial charge in [0.25, 0.3) is 0 Å². The maximum Gasteiger partial charge on any atom is 0.0705 e. The first kappa shape index (κ1) is 15.1. The second kappa shape index (κ2) is 8.22. The zero-order valence-corrected chi connectivity index (χ0v) is 12.0. The first-order valence-corrected chi connectivity index (χ1v) is 8.24. The van der Waals surface area contributed by atoms with Gasteiger partial charge in [-0.3, -0.25) is 4.21 Å². The number of hydrogen-bond donors (Lipinski definition) is 1. The van der Waals surface area contributed by atoms with Gasteiger partial charge in [0.15, 0.2) is 0 Å². The third-order valence-electron chi connectivity index (χ3n) is 3.57. The molecule has 17 heavy (non-hydrogen) atoms. The zero-order chi connectivity index (χ0) is 12.7. The molecule has 0 aromatic heterocycles. The van der Waals surface area contributed by atoms with Crippen molar-refractivity contribution < 1.29 is 8.95 Å². The summed E-state index contributed by atoms with van der Waals surface area (Å²) in [6, 6.07) is 0. The minimum Gasteiger partial charge on any atom is -0.377 e. The third-order valence-corrected chi connectivity index (χ3v) is 5.38. The lowest BCUT2D eigenvalue weighted by Gasteiger charge is -2.26. The summed E-state index contributed by atoms with van der Waals surface area (Å²) >= 11 is 0. The Hall–Kier alpha value is 0.0700. The minimum absolute atomic E-state index is 0.0879. The van der Waals surface area contributed by atoms with E-state index in [9.17, 15) is 4.21 Å². The van der Waals surface area contributed by atoms with E-state index >= 15 is 0 Å². The Balaban J connectivity index is 2.28. The van der Waals surface area contributed by atoms with Gasteiger partial charge in [-0.2, -0.15) is 0 Å². The van der Waals surface area contributed by atoms with Gasteiger partial charge in [0.1, 0.15) is 0 Å². The lowest BCUT2D eigenvalue weighted by atomic mass is 9.91. The van der Waals surface area contributed by atoms with Crippen LogP contribution in [-0.4, -0.2) is 34.5 Å². The third kappa shape index (κ3) is 5.49. The van der Waals surface area contributed by atoms with Crippen LogP contribution in [0.25, 0.3) is 0 Å². The molecule has 0 heterocycles. The molecule has 102 valence electrons. The van der Waals surface area contributed by atoms with Crippen LogP contribution in [0.1, 0.15) is 46.0 Å².